The first-order valence-corrected chi connectivity index (χ1v) is 6.49. The number of ether oxygens (including phenoxy) is 1. The largest absolute Gasteiger partial charge is 0.453 e. The van der Waals surface area contributed by atoms with E-state index in [0.29, 0.717) is 0 Å². The summed E-state index contributed by atoms with van der Waals surface area (Å²) in [6.07, 6.45) is 1.08. The van der Waals surface area contributed by atoms with Crippen LogP contribution >= 0.6 is 15.9 Å². The van der Waals surface area contributed by atoms with Gasteiger partial charge in [-0.3, -0.25) is 0 Å². The van der Waals surface area contributed by atoms with Crippen LogP contribution in [0, 0.1) is 0 Å². The Morgan fingerprint density at radius 1 is 1.12 bits per heavy atom. The quantitative estimate of drug-likeness (QED) is 0.718. The van der Waals surface area contributed by atoms with Crippen molar-refractivity contribution in [3.8, 4) is 11.5 Å². The van der Waals surface area contributed by atoms with Crippen molar-refractivity contribution in [3.63, 3.8) is 0 Å². The minimum atomic E-state index is 0.950. The number of anilines is 2. The summed E-state index contributed by atoms with van der Waals surface area (Å²) in [4.78, 5) is 2.36. The lowest BCUT2D eigenvalue weighted by Crippen LogP contribution is -2.17. The smallest absolute Gasteiger partial charge is 0.152 e. The average molecular weight is 288 g/mol. The number of hydrogen-bond donors (Lipinski definition) is 0. The van der Waals surface area contributed by atoms with Crippen LogP contribution in [0.5, 0.6) is 11.5 Å². The fraction of sp³-hybridized carbons (Fsp3) is 0.143. The van der Waals surface area contributed by atoms with E-state index >= 15 is 0 Å². The molecule has 84 valence electrons. The Morgan fingerprint density at radius 3 is 2.94 bits per heavy atom. The van der Waals surface area contributed by atoms with Gasteiger partial charge < -0.3 is 9.64 Å². The number of nitrogens with zero attached hydrogens (tertiary/aromatic N) is 1. The molecule has 0 aliphatic carbocycles. The monoisotopic (exact) mass is 287 g/mol. The zero-order valence-electron chi connectivity index (χ0n) is 9.11. The third-order valence-electron chi connectivity index (χ3n) is 3.37. The molecule has 2 aliphatic rings. The van der Waals surface area contributed by atoms with Crippen molar-refractivity contribution < 1.29 is 4.74 Å². The van der Waals surface area contributed by atoms with Gasteiger partial charge in [0.1, 0.15) is 0 Å². The van der Waals surface area contributed by atoms with Gasteiger partial charge in [0.15, 0.2) is 11.5 Å². The number of para-hydroxylation sites is 2. The van der Waals surface area contributed by atoms with E-state index in [1.165, 1.54) is 16.9 Å². The fourth-order valence-corrected chi connectivity index (χ4v) is 3.16. The molecule has 2 nitrogen and oxygen atoms in total. The Hall–Kier alpha value is -1.48. The van der Waals surface area contributed by atoms with Gasteiger partial charge in [0.2, 0.25) is 0 Å². The molecule has 2 aliphatic heterocycles. The van der Waals surface area contributed by atoms with E-state index in [-0.39, 0.29) is 0 Å². The minimum Gasteiger partial charge on any atom is -0.453 e. The molecule has 4 rings (SSSR count). The van der Waals surface area contributed by atoms with E-state index in [1.54, 1.807) is 0 Å². The van der Waals surface area contributed by atoms with E-state index in [1.807, 2.05) is 18.2 Å². The Balaban J connectivity index is 2.00. The minimum absolute atomic E-state index is 0.950. The van der Waals surface area contributed by atoms with Gasteiger partial charge in [0.05, 0.1) is 11.4 Å². The molecule has 0 spiro atoms. The lowest BCUT2D eigenvalue weighted by molar-refractivity contribution is 0.475. The predicted octanol–water partition coefficient (Wildman–Crippen LogP) is 4.25. The van der Waals surface area contributed by atoms with Crippen molar-refractivity contribution >= 4 is 27.3 Å². The van der Waals surface area contributed by atoms with Crippen molar-refractivity contribution in [1.29, 1.82) is 0 Å². The Morgan fingerprint density at radius 2 is 2.00 bits per heavy atom. The van der Waals surface area contributed by atoms with Crippen LogP contribution in [0.3, 0.4) is 0 Å². The highest BCUT2D eigenvalue weighted by atomic mass is 79.9. The topological polar surface area (TPSA) is 12.5 Å². The van der Waals surface area contributed by atoms with Crippen molar-refractivity contribution in [1.82, 2.24) is 0 Å². The lowest BCUT2D eigenvalue weighted by atomic mass is 10.1. The van der Waals surface area contributed by atoms with Crippen LogP contribution in [0.2, 0.25) is 0 Å². The molecule has 3 heteroatoms. The van der Waals surface area contributed by atoms with Crippen LogP contribution in [0.4, 0.5) is 11.4 Å². The molecule has 0 radical (unpaired) electrons. The highest BCUT2D eigenvalue weighted by molar-refractivity contribution is 9.10. The van der Waals surface area contributed by atoms with E-state index in [2.05, 4.69) is 39.0 Å². The summed E-state index contributed by atoms with van der Waals surface area (Å²) in [5, 5.41) is 0. The van der Waals surface area contributed by atoms with Gasteiger partial charge in [-0.1, -0.05) is 28.1 Å². The molecule has 2 aromatic rings. The molecule has 0 atom stereocenters. The number of fused-ring (bicyclic) bond motifs is 2. The molecule has 0 bridgehead atoms. The summed E-state index contributed by atoms with van der Waals surface area (Å²) in [6, 6.07) is 12.5. The van der Waals surface area contributed by atoms with Gasteiger partial charge in [-0.2, -0.15) is 0 Å². The molecule has 0 amide bonds. The second-order valence-electron chi connectivity index (χ2n) is 4.38. The molecule has 0 aromatic heterocycles. The maximum atomic E-state index is 5.98. The zero-order valence-corrected chi connectivity index (χ0v) is 10.7. The normalized spacial score (nSPS) is 15.2. The SMILES string of the molecule is Brc1cc2c3c(c1)Oc1ccccc1N3CC2. The summed E-state index contributed by atoms with van der Waals surface area (Å²) in [5.41, 5.74) is 3.79. The Kier molecular flexibility index (Phi) is 1.83. The maximum Gasteiger partial charge on any atom is 0.152 e. The molecular formula is C14H10BrNO. The summed E-state index contributed by atoms with van der Waals surface area (Å²) >= 11 is 3.54. The highest BCUT2D eigenvalue weighted by Crippen LogP contribution is 2.51. The van der Waals surface area contributed by atoms with E-state index in [4.69, 9.17) is 4.74 Å². The maximum absolute atomic E-state index is 5.98. The molecule has 0 saturated carbocycles. The van der Waals surface area contributed by atoms with Gasteiger partial charge >= 0.3 is 0 Å². The molecule has 0 fully saturated rings. The summed E-state index contributed by atoms with van der Waals surface area (Å²) in [5.74, 6) is 1.91. The van der Waals surface area contributed by atoms with Crippen LogP contribution in [0.15, 0.2) is 40.9 Å². The second-order valence-corrected chi connectivity index (χ2v) is 5.30. The lowest BCUT2D eigenvalue weighted by Gasteiger charge is -2.29. The van der Waals surface area contributed by atoms with Crippen molar-refractivity contribution in [3.05, 3.63) is 46.4 Å². The highest BCUT2D eigenvalue weighted by Gasteiger charge is 2.31. The van der Waals surface area contributed by atoms with Gasteiger partial charge in [-0.05, 0) is 36.2 Å². The van der Waals surface area contributed by atoms with Crippen LogP contribution in [-0.2, 0) is 6.42 Å². The van der Waals surface area contributed by atoms with Crippen LogP contribution < -0.4 is 9.64 Å². The second kappa shape index (κ2) is 3.26. The van der Waals surface area contributed by atoms with Crippen molar-refractivity contribution in [2.24, 2.45) is 0 Å². The molecular weight excluding hydrogens is 278 g/mol. The van der Waals surface area contributed by atoms with Crippen LogP contribution in [0.25, 0.3) is 0 Å². The number of benzene rings is 2. The number of rotatable bonds is 0. The predicted molar refractivity (Wildman–Crippen MR) is 71.4 cm³/mol. The molecule has 17 heavy (non-hydrogen) atoms. The van der Waals surface area contributed by atoms with Gasteiger partial charge in [0.25, 0.3) is 0 Å². The summed E-state index contributed by atoms with van der Waals surface area (Å²) < 4.78 is 7.07. The average Bonchev–Trinajstić information content (AvgIpc) is 2.74. The van der Waals surface area contributed by atoms with Gasteiger partial charge in [-0.25, -0.2) is 0 Å². The fourth-order valence-electron chi connectivity index (χ4n) is 2.67. The first-order chi connectivity index (χ1) is 8.33. The van der Waals surface area contributed by atoms with E-state index in [0.717, 1.165) is 28.9 Å². The molecule has 0 unspecified atom stereocenters. The van der Waals surface area contributed by atoms with Gasteiger partial charge in [0, 0.05) is 11.0 Å². The first kappa shape index (κ1) is 9.54. The van der Waals surface area contributed by atoms with Crippen molar-refractivity contribution in [2.45, 2.75) is 6.42 Å². The summed E-state index contributed by atoms with van der Waals surface area (Å²) in [6.45, 7) is 1.04. The standard InChI is InChI=1S/C14H10BrNO/c15-10-7-9-5-6-16-11-3-1-2-4-12(11)17-13(8-10)14(9)16/h1-4,7-8H,5-6H2. The van der Waals surface area contributed by atoms with Crippen LogP contribution in [-0.4, -0.2) is 6.54 Å². The van der Waals surface area contributed by atoms with E-state index < -0.39 is 0 Å². The molecule has 0 saturated heterocycles. The third-order valence-corrected chi connectivity index (χ3v) is 3.83. The molecule has 0 N–H and O–H groups in total. The Labute approximate surface area is 108 Å². The van der Waals surface area contributed by atoms with Gasteiger partial charge in [-0.15, -0.1) is 0 Å². The zero-order chi connectivity index (χ0) is 11.4. The Bertz CT molecular complexity index is 624. The first-order valence-electron chi connectivity index (χ1n) is 5.70. The molecule has 2 aromatic carbocycles. The third kappa shape index (κ3) is 1.26. The number of halogens is 1. The van der Waals surface area contributed by atoms with Crippen molar-refractivity contribution in [2.75, 3.05) is 11.4 Å². The van der Waals surface area contributed by atoms with E-state index in [9.17, 15) is 0 Å². The summed E-state index contributed by atoms with van der Waals surface area (Å²) in [7, 11) is 0. The number of hydrogen-bond acceptors (Lipinski definition) is 2. The molecule has 2 heterocycles. The van der Waals surface area contributed by atoms with Crippen LogP contribution in [0.1, 0.15) is 5.56 Å².